The van der Waals surface area contributed by atoms with Gasteiger partial charge in [0.15, 0.2) is 5.82 Å². The van der Waals surface area contributed by atoms with Crippen LogP contribution in [0.4, 0.5) is 11.5 Å². The van der Waals surface area contributed by atoms with Crippen molar-refractivity contribution in [2.24, 2.45) is 7.05 Å². The first-order valence-electron chi connectivity index (χ1n) is 10.3. The quantitative estimate of drug-likeness (QED) is 0.496. The van der Waals surface area contributed by atoms with Crippen molar-refractivity contribution in [1.82, 2.24) is 29.7 Å². The molecular weight excluding hydrogens is 394 g/mol. The molecule has 0 aliphatic carbocycles. The van der Waals surface area contributed by atoms with Crippen molar-refractivity contribution in [2.45, 2.75) is 13.0 Å². The van der Waals surface area contributed by atoms with Crippen molar-refractivity contribution >= 4 is 17.0 Å². The van der Waals surface area contributed by atoms with E-state index in [1.54, 1.807) is 17.1 Å². The minimum absolute atomic E-state index is 0.0429. The number of aromatic nitrogens is 5. The van der Waals surface area contributed by atoms with Gasteiger partial charge >= 0.3 is 0 Å². The van der Waals surface area contributed by atoms with Crippen LogP contribution < -0.4 is 15.4 Å². The molecule has 1 atom stereocenters. The van der Waals surface area contributed by atoms with Crippen LogP contribution in [0.1, 0.15) is 5.69 Å². The first-order chi connectivity index (χ1) is 15.1. The fraction of sp³-hybridized carbons (Fsp3) is 0.318. The van der Waals surface area contributed by atoms with Gasteiger partial charge in [0.1, 0.15) is 18.5 Å². The molecule has 0 bridgehead atoms. The van der Waals surface area contributed by atoms with Crippen molar-refractivity contribution in [2.75, 3.05) is 31.6 Å². The molecule has 4 aromatic heterocycles. The zero-order chi connectivity index (χ0) is 21.2. The highest BCUT2D eigenvalue weighted by molar-refractivity contribution is 5.75. The zero-order valence-electron chi connectivity index (χ0n) is 17.6. The van der Waals surface area contributed by atoms with E-state index in [0.717, 1.165) is 52.7 Å². The number of ether oxygens (including phenoxy) is 2. The molecule has 0 spiro atoms. The third-order valence-corrected chi connectivity index (χ3v) is 5.18. The Labute approximate surface area is 180 Å². The lowest BCUT2D eigenvalue weighted by Crippen LogP contribution is -2.41. The SMILES string of the molecule is Cc1cc(-c2ccn3nc(Nc4cnn(C)c4)cc3c2)c(OC[C@@H]2CNCCO2)cn1. The second kappa shape index (κ2) is 8.37. The molecule has 0 unspecified atom stereocenters. The van der Waals surface area contributed by atoms with Gasteiger partial charge in [0.2, 0.25) is 0 Å². The van der Waals surface area contributed by atoms with Crippen LogP contribution >= 0.6 is 0 Å². The number of hydrogen-bond donors (Lipinski definition) is 2. The molecule has 4 aromatic rings. The minimum atomic E-state index is 0.0429. The second-order valence-corrected chi connectivity index (χ2v) is 7.67. The molecule has 1 aliphatic rings. The Morgan fingerprint density at radius 1 is 1.29 bits per heavy atom. The third kappa shape index (κ3) is 4.37. The first kappa shape index (κ1) is 19.5. The van der Waals surface area contributed by atoms with Crippen molar-refractivity contribution in [3.8, 4) is 16.9 Å². The second-order valence-electron chi connectivity index (χ2n) is 7.67. The van der Waals surface area contributed by atoms with Crippen molar-refractivity contribution in [1.29, 1.82) is 0 Å². The van der Waals surface area contributed by atoms with E-state index in [0.29, 0.717) is 13.2 Å². The third-order valence-electron chi connectivity index (χ3n) is 5.18. The fourth-order valence-electron chi connectivity index (χ4n) is 3.65. The topological polar surface area (TPSA) is 90.5 Å². The van der Waals surface area contributed by atoms with E-state index in [1.165, 1.54) is 0 Å². The van der Waals surface area contributed by atoms with E-state index < -0.39 is 0 Å². The largest absolute Gasteiger partial charge is 0.489 e. The Bertz CT molecular complexity index is 1190. The maximum Gasteiger partial charge on any atom is 0.153 e. The standard InChI is InChI=1S/C22H25N7O2/c1-15-7-20(21(12-24-15)31-14-19-11-23-4-6-30-19)16-3-5-29-18(8-16)9-22(27-29)26-17-10-25-28(2)13-17/h3,5,7-10,12-13,19,23H,4,6,11,14H2,1-2H3,(H,26,27)/t19-/m0/s1. The highest BCUT2D eigenvalue weighted by Crippen LogP contribution is 2.31. The molecular formula is C22H25N7O2. The van der Waals surface area contributed by atoms with Crippen LogP contribution in [-0.4, -0.2) is 56.8 Å². The maximum atomic E-state index is 6.11. The van der Waals surface area contributed by atoms with Crippen LogP contribution in [0.3, 0.4) is 0 Å². The number of pyridine rings is 2. The van der Waals surface area contributed by atoms with Gasteiger partial charge in [-0.1, -0.05) is 0 Å². The highest BCUT2D eigenvalue weighted by Gasteiger charge is 2.16. The van der Waals surface area contributed by atoms with Crippen LogP contribution in [0.25, 0.3) is 16.6 Å². The molecule has 9 nitrogen and oxygen atoms in total. The van der Waals surface area contributed by atoms with E-state index in [-0.39, 0.29) is 6.10 Å². The van der Waals surface area contributed by atoms with Crippen LogP contribution in [0.5, 0.6) is 5.75 Å². The number of nitrogens with zero attached hydrogens (tertiary/aromatic N) is 5. The molecule has 5 heterocycles. The Morgan fingerprint density at radius 2 is 2.23 bits per heavy atom. The molecule has 1 saturated heterocycles. The predicted molar refractivity (Wildman–Crippen MR) is 118 cm³/mol. The molecule has 2 N–H and O–H groups in total. The van der Waals surface area contributed by atoms with Gasteiger partial charge < -0.3 is 20.1 Å². The lowest BCUT2D eigenvalue weighted by atomic mass is 10.1. The summed E-state index contributed by atoms with van der Waals surface area (Å²) in [7, 11) is 1.88. The molecule has 0 radical (unpaired) electrons. The minimum Gasteiger partial charge on any atom is -0.489 e. The first-order valence-corrected chi connectivity index (χ1v) is 10.3. The van der Waals surface area contributed by atoms with Gasteiger partial charge in [-0.25, -0.2) is 4.52 Å². The molecule has 1 fully saturated rings. The summed E-state index contributed by atoms with van der Waals surface area (Å²) in [5.41, 5.74) is 4.85. The molecule has 160 valence electrons. The molecule has 0 aromatic carbocycles. The van der Waals surface area contributed by atoms with E-state index in [9.17, 15) is 0 Å². The number of aryl methyl sites for hydroxylation is 2. The summed E-state index contributed by atoms with van der Waals surface area (Å²) < 4.78 is 15.5. The number of anilines is 2. The average molecular weight is 419 g/mol. The zero-order valence-corrected chi connectivity index (χ0v) is 17.6. The summed E-state index contributed by atoms with van der Waals surface area (Å²) in [6, 6.07) is 8.19. The summed E-state index contributed by atoms with van der Waals surface area (Å²) in [5, 5.41) is 15.4. The normalized spacial score (nSPS) is 16.5. The number of hydrogen-bond acceptors (Lipinski definition) is 7. The van der Waals surface area contributed by atoms with Gasteiger partial charge in [-0.05, 0) is 30.7 Å². The Morgan fingerprint density at radius 3 is 3.03 bits per heavy atom. The summed E-state index contributed by atoms with van der Waals surface area (Å²) in [5.74, 6) is 1.51. The van der Waals surface area contributed by atoms with Crippen LogP contribution in [-0.2, 0) is 11.8 Å². The van der Waals surface area contributed by atoms with E-state index in [4.69, 9.17) is 9.47 Å². The Balaban J connectivity index is 1.40. The van der Waals surface area contributed by atoms with Gasteiger partial charge in [-0.15, -0.1) is 0 Å². The molecule has 0 amide bonds. The molecule has 1 aliphatic heterocycles. The van der Waals surface area contributed by atoms with E-state index in [2.05, 4.69) is 31.9 Å². The fourth-order valence-corrected chi connectivity index (χ4v) is 3.65. The smallest absolute Gasteiger partial charge is 0.153 e. The lowest BCUT2D eigenvalue weighted by Gasteiger charge is -2.24. The summed E-state index contributed by atoms with van der Waals surface area (Å²) in [4.78, 5) is 4.43. The highest BCUT2D eigenvalue weighted by atomic mass is 16.5. The Kier molecular flexibility index (Phi) is 5.27. The van der Waals surface area contributed by atoms with Crippen LogP contribution in [0.15, 0.2) is 49.1 Å². The monoisotopic (exact) mass is 419 g/mol. The summed E-state index contributed by atoms with van der Waals surface area (Å²) in [6.45, 7) is 4.85. The maximum absolute atomic E-state index is 6.11. The Hall–Kier alpha value is -3.43. The molecule has 0 saturated carbocycles. The number of fused-ring (bicyclic) bond motifs is 1. The van der Waals surface area contributed by atoms with Gasteiger partial charge in [-0.2, -0.15) is 10.2 Å². The van der Waals surface area contributed by atoms with Crippen LogP contribution in [0.2, 0.25) is 0 Å². The van der Waals surface area contributed by atoms with Gasteiger partial charge in [-0.3, -0.25) is 9.67 Å². The van der Waals surface area contributed by atoms with E-state index in [1.807, 2.05) is 49.1 Å². The summed E-state index contributed by atoms with van der Waals surface area (Å²) >= 11 is 0. The number of morpholine rings is 1. The van der Waals surface area contributed by atoms with Gasteiger partial charge in [0.05, 0.1) is 30.2 Å². The number of rotatable bonds is 6. The average Bonchev–Trinajstić information content (AvgIpc) is 3.38. The molecule has 9 heteroatoms. The predicted octanol–water partition coefficient (Wildman–Crippen LogP) is 2.55. The van der Waals surface area contributed by atoms with E-state index >= 15 is 0 Å². The van der Waals surface area contributed by atoms with Crippen molar-refractivity contribution < 1.29 is 9.47 Å². The van der Waals surface area contributed by atoms with Crippen molar-refractivity contribution in [3.63, 3.8) is 0 Å². The van der Waals surface area contributed by atoms with Crippen LogP contribution in [0, 0.1) is 6.92 Å². The molecule has 31 heavy (non-hydrogen) atoms. The number of nitrogens with one attached hydrogen (secondary N) is 2. The van der Waals surface area contributed by atoms with Gasteiger partial charge in [0, 0.05) is 49.9 Å². The molecule has 5 rings (SSSR count). The van der Waals surface area contributed by atoms with Gasteiger partial charge in [0.25, 0.3) is 0 Å². The summed E-state index contributed by atoms with van der Waals surface area (Å²) in [6.07, 6.45) is 7.46. The van der Waals surface area contributed by atoms with Crippen molar-refractivity contribution in [3.05, 3.63) is 54.7 Å². The lowest BCUT2D eigenvalue weighted by molar-refractivity contribution is 0.000245.